The van der Waals surface area contributed by atoms with E-state index in [1.165, 1.54) is 257 Å². The predicted molar refractivity (Wildman–Crippen MR) is 428 cm³/mol. The number of hydrogen-bond donors (Lipinski definition) is 3. The maximum Gasteiger partial charge on any atom is 0.472 e. The molecule has 0 saturated carbocycles. The average molecular weight is 1520 g/mol. The van der Waals surface area contributed by atoms with Crippen LogP contribution in [-0.4, -0.2) is 96.7 Å². The molecule has 618 valence electrons. The first-order valence-electron chi connectivity index (χ1n) is 43.9. The van der Waals surface area contributed by atoms with E-state index >= 15 is 0 Å². The molecular weight excluding hydrogens is 1350 g/mol. The lowest BCUT2D eigenvalue weighted by atomic mass is 9.99. The fraction of sp³-hybridized carbons (Fsp3) is 0.953. The molecule has 4 unspecified atom stereocenters. The third-order valence-electron chi connectivity index (χ3n) is 20.6. The van der Waals surface area contributed by atoms with Gasteiger partial charge in [-0.1, -0.05) is 395 Å². The highest BCUT2D eigenvalue weighted by molar-refractivity contribution is 7.47. The molecule has 0 aliphatic heterocycles. The lowest BCUT2D eigenvalue weighted by molar-refractivity contribution is -0.161. The third kappa shape index (κ3) is 75.5. The van der Waals surface area contributed by atoms with Crippen LogP contribution in [0.2, 0.25) is 0 Å². The molecular formula is C85H166O17P2. The van der Waals surface area contributed by atoms with Crippen LogP contribution in [0.3, 0.4) is 0 Å². The third-order valence-corrected chi connectivity index (χ3v) is 22.5. The van der Waals surface area contributed by atoms with Crippen molar-refractivity contribution in [2.24, 2.45) is 17.8 Å². The Labute approximate surface area is 638 Å². The van der Waals surface area contributed by atoms with Crippen molar-refractivity contribution in [1.82, 2.24) is 0 Å². The first-order chi connectivity index (χ1) is 50.3. The predicted octanol–water partition coefficient (Wildman–Crippen LogP) is 25.7. The number of esters is 4. The van der Waals surface area contributed by atoms with Gasteiger partial charge in [-0.3, -0.25) is 37.3 Å². The lowest BCUT2D eigenvalue weighted by Gasteiger charge is -2.21. The van der Waals surface area contributed by atoms with Crippen LogP contribution in [-0.2, 0) is 65.4 Å². The minimum atomic E-state index is -4.97. The second-order valence-electron chi connectivity index (χ2n) is 31.5. The summed E-state index contributed by atoms with van der Waals surface area (Å²) in [5.74, 6) is 0.351. The molecule has 0 bridgehead atoms. The number of carbonyl (C=O) groups excluding carboxylic acids is 4. The quantitative estimate of drug-likeness (QED) is 0.0222. The number of carbonyl (C=O) groups is 4. The summed E-state index contributed by atoms with van der Waals surface area (Å²) in [4.78, 5) is 73.2. The summed E-state index contributed by atoms with van der Waals surface area (Å²) in [7, 11) is -9.93. The van der Waals surface area contributed by atoms with Crippen molar-refractivity contribution in [1.29, 1.82) is 0 Å². The van der Waals surface area contributed by atoms with Gasteiger partial charge in [-0.2, -0.15) is 0 Å². The number of ether oxygens (including phenoxy) is 4. The zero-order valence-electron chi connectivity index (χ0n) is 68.5. The summed E-state index contributed by atoms with van der Waals surface area (Å²) in [6.07, 6.45) is 65.0. The van der Waals surface area contributed by atoms with Crippen LogP contribution in [0.1, 0.15) is 447 Å². The van der Waals surface area contributed by atoms with Gasteiger partial charge in [0.15, 0.2) is 12.2 Å². The molecule has 3 N–H and O–H groups in total. The van der Waals surface area contributed by atoms with Crippen molar-refractivity contribution in [3.05, 3.63) is 0 Å². The Morgan fingerprint density at radius 1 is 0.279 bits per heavy atom. The van der Waals surface area contributed by atoms with E-state index < -0.39 is 97.5 Å². The number of phosphoric acid groups is 2. The number of hydrogen-bond acceptors (Lipinski definition) is 15. The number of unbranched alkanes of at least 4 members (excludes halogenated alkanes) is 49. The van der Waals surface area contributed by atoms with Gasteiger partial charge in [0.1, 0.15) is 19.3 Å². The topological polar surface area (TPSA) is 237 Å². The van der Waals surface area contributed by atoms with Crippen LogP contribution in [0.25, 0.3) is 0 Å². The fourth-order valence-corrected chi connectivity index (χ4v) is 14.7. The second kappa shape index (κ2) is 75.1. The number of aliphatic hydroxyl groups excluding tert-OH is 1. The molecule has 0 heterocycles. The number of phosphoric ester groups is 2. The van der Waals surface area contributed by atoms with Gasteiger partial charge in [0.25, 0.3) is 0 Å². The van der Waals surface area contributed by atoms with E-state index in [0.29, 0.717) is 25.7 Å². The summed E-state index contributed by atoms with van der Waals surface area (Å²) in [6.45, 7) is 12.1. The molecule has 0 aromatic carbocycles. The van der Waals surface area contributed by atoms with Crippen LogP contribution in [0, 0.1) is 17.8 Å². The highest BCUT2D eigenvalue weighted by Crippen LogP contribution is 2.45. The Hall–Kier alpha value is -1.94. The van der Waals surface area contributed by atoms with Crippen LogP contribution >= 0.6 is 15.6 Å². The van der Waals surface area contributed by atoms with Crippen molar-refractivity contribution in [3.8, 4) is 0 Å². The van der Waals surface area contributed by atoms with Crippen LogP contribution in [0.5, 0.6) is 0 Å². The fourth-order valence-electron chi connectivity index (χ4n) is 13.1. The zero-order valence-corrected chi connectivity index (χ0v) is 70.3. The molecule has 0 spiro atoms. The minimum Gasteiger partial charge on any atom is -0.462 e. The van der Waals surface area contributed by atoms with E-state index in [-0.39, 0.29) is 25.7 Å². The number of aliphatic hydroxyl groups is 1. The van der Waals surface area contributed by atoms with Crippen LogP contribution in [0.4, 0.5) is 0 Å². The molecule has 0 saturated heterocycles. The SMILES string of the molecule is CCCCCCCCCCCCCCCC(=O)OC[C@H](COP(=O)(O)OC[C@H](O)COP(=O)(O)OC[C@@H](COC(=O)CCCCCCCCCCCCCCC(C)C)OC(=O)CCCCCCCCCCCCCCCCCCCCC(C)CC)OC(=O)CCCCCCCCCCCCC(C)CC. The molecule has 0 aliphatic rings. The standard InChI is InChI=1S/C85H166O17P2/c1-8-11-12-13-14-15-16-23-30-38-45-52-59-66-82(87)95-73-81(102-85(90)69-62-55-48-41-34-33-37-44-51-58-65-78(7)10-3)75-100-104(93,94)98-71-79(86)70-97-103(91,92)99-74-80(72-96-83(88)67-60-53-46-39-31-27-26-28-35-42-49-56-63-76(4)5)101-84(89)68-61-54-47-40-32-25-22-20-18-17-19-21-24-29-36-43-50-57-64-77(6)9-2/h76-81,86H,8-75H2,1-7H3,(H,91,92)(H,93,94)/t77?,78?,79-,80-,81-/m1/s1. The van der Waals surface area contributed by atoms with Gasteiger partial charge in [0.2, 0.25) is 0 Å². The molecule has 0 aromatic heterocycles. The minimum absolute atomic E-state index is 0.107. The molecule has 17 nitrogen and oxygen atoms in total. The highest BCUT2D eigenvalue weighted by atomic mass is 31.2. The highest BCUT2D eigenvalue weighted by Gasteiger charge is 2.30. The van der Waals surface area contributed by atoms with Crippen molar-refractivity contribution < 1.29 is 80.2 Å². The molecule has 19 heteroatoms. The molecule has 104 heavy (non-hydrogen) atoms. The Morgan fingerprint density at radius 3 is 0.731 bits per heavy atom. The van der Waals surface area contributed by atoms with E-state index in [2.05, 4.69) is 48.5 Å². The van der Waals surface area contributed by atoms with E-state index in [1.807, 2.05) is 0 Å². The Bertz CT molecular complexity index is 2010. The summed E-state index contributed by atoms with van der Waals surface area (Å²) in [5, 5.41) is 10.7. The zero-order chi connectivity index (χ0) is 76.5. The Kier molecular flexibility index (Phi) is 73.7. The molecule has 0 amide bonds. The van der Waals surface area contributed by atoms with Gasteiger partial charge in [-0.15, -0.1) is 0 Å². The summed E-state index contributed by atoms with van der Waals surface area (Å²) < 4.78 is 68.9. The van der Waals surface area contributed by atoms with Gasteiger partial charge in [0, 0.05) is 25.7 Å². The van der Waals surface area contributed by atoms with E-state index in [1.54, 1.807) is 0 Å². The van der Waals surface area contributed by atoms with E-state index in [9.17, 15) is 43.2 Å². The smallest absolute Gasteiger partial charge is 0.462 e. The Morgan fingerprint density at radius 2 is 0.490 bits per heavy atom. The van der Waals surface area contributed by atoms with Gasteiger partial charge in [0.05, 0.1) is 26.4 Å². The monoisotopic (exact) mass is 1520 g/mol. The van der Waals surface area contributed by atoms with Gasteiger partial charge < -0.3 is 33.8 Å². The van der Waals surface area contributed by atoms with E-state index in [0.717, 1.165) is 108 Å². The molecule has 7 atom stereocenters. The van der Waals surface area contributed by atoms with Gasteiger partial charge in [-0.25, -0.2) is 9.13 Å². The Balaban J connectivity index is 5.25. The largest absolute Gasteiger partial charge is 0.472 e. The van der Waals surface area contributed by atoms with E-state index in [4.69, 9.17) is 37.0 Å². The molecule has 0 radical (unpaired) electrons. The lowest BCUT2D eigenvalue weighted by Crippen LogP contribution is -2.30. The average Bonchev–Trinajstić information content (AvgIpc) is 0.939. The van der Waals surface area contributed by atoms with Gasteiger partial charge in [-0.05, 0) is 43.4 Å². The van der Waals surface area contributed by atoms with Crippen molar-refractivity contribution in [3.63, 3.8) is 0 Å². The van der Waals surface area contributed by atoms with Gasteiger partial charge >= 0.3 is 39.5 Å². The first kappa shape index (κ1) is 102. The maximum atomic E-state index is 13.1. The molecule has 0 aromatic rings. The summed E-state index contributed by atoms with van der Waals surface area (Å²) in [5.41, 5.74) is 0. The summed E-state index contributed by atoms with van der Waals surface area (Å²) in [6, 6.07) is 0. The number of rotatable bonds is 83. The molecule has 0 aliphatic carbocycles. The summed E-state index contributed by atoms with van der Waals surface area (Å²) >= 11 is 0. The van der Waals surface area contributed by atoms with Crippen molar-refractivity contribution in [2.45, 2.75) is 465 Å². The second-order valence-corrected chi connectivity index (χ2v) is 34.4. The normalized spacial score (nSPS) is 14.4. The van der Waals surface area contributed by atoms with Crippen molar-refractivity contribution in [2.75, 3.05) is 39.6 Å². The van der Waals surface area contributed by atoms with Crippen LogP contribution in [0.15, 0.2) is 0 Å². The first-order valence-corrected chi connectivity index (χ1v) is 46.9. The maximum absolute atomic E-state index is 13.1. The molecule has 0 fully saturated rings. The van der Waals surface area contributed by atoms with Crippen molar-refractivity contribution >= 4 is 39.5 Å². The molecule has 0 rings (SSSR count). The van der Waals surface area contributed by atoms with Crippen LogP contribution < -0.4 is 0 Å².